The summed E-state index contributed by atoms with van der Waals surface area (Å²) in [5, 5.41) is 10.7. The zero-order valence-corrected chi connectivity index (χ0v) is 68.7. The van der Waals surface area contributed by atoms with Crippen LogP contribution >= 0.6 is 15.6 Å². The maximum Gasteiger partial charge on any atom is 0.472 e. The summed E-state index contributed by atoms with van der Waals surface area (Å²) >= 11 is 0. The van der Waals surface area contributed by atoms with Crippen LogP contribution in [0.25, 0.3) is 0 Å². The van der Waals surface area contributed by atoms with Crippen LogP contribution < -0.4 is 0 Å². The van der Waals surface area contributed by atoms with E-state index in [4.69, 9.17) is 37.0 Å². The molecule has 0 fully saturated rings. The lowest BCUT2D eigenvalue weighted by atomic mass is 9.99. The lowest BCUT2D eigenvalue weighted by Gasteiger charge is -2.21. The van der Waals surface area contributed by atoms with E-state index in [1.807, 2.05) is 0 Å². The molecule has 17 nitrogen and oxygen atoms in total. The highest BCUT2D eigenvalue weighted by atomic mass is 31.2. The van der Waals surface area contributed by atoms with Crippen molar-refractivity contribution in [2.75, 3.05) is 39.6 Å². The maximum absolute atomic E-state index is 13.1. The van der Waals surface area contributed by atoms with Gasteiger partial charge in [-0.25, -0.2) is 9.13 Å². The van der Waals surface area contributed by atoms with Crippen LogP contribution in [0.15, 0.2) is 0 Å². The summed E-state index contributed by atoms with van der Waals surface area (Å²) in [5.74, 6) is -0.519. The molecule has 19 heteroatoms. The molecule has 3 N–H and O–H groups in total. The van der Waals surface area contributed by atoms with Crippen LogP contribution in [0.4, 0.5) is 0 Å². The minimum absolute atomic E-state index is 0.108. The van der Waals surface area contributed by atoms with Gasteiger partial charge in [-0.1, -0.05) is 388 Å². The predicted octanol–water partition coefficient (Wildman–Crippen LogP) is 25.1. The number of rotatable bonds is 82. The van der Waals surface area contributed by atoms with Gasteiger partial charge in [0.25, 0.3) is 0 Å². The zero-order valence-electron chi connectivity index (χ0n) is 66.9. The van der Waals surface area contributed by atoms with Crippen LogP contribution in [0.2, 0.25) is 0 Å². The molecule has 7 atom stereocenters. The molecule has 0 aromatic carbocycles. The molecule has 0 amide bonds. The van der Waals surface area contributed by atoms with Gasteiger partial charge < -0.3 is 33.8 Å². The van der Waals surface area contributed by atoms with E-state index in [9.17, 15) is 43.2 Å². The minimum atomic E-state index is -4.96. The second-order valence-corrected chi connectivity index (χ2v) is 33.3. The lowest BCUT2D eigenvalue weighted by Crippen LogP contribution is -2.30. The van der Waals surface area contributed by atoms with Crippen molar-refractivity contribution in [3.63, 3.8) is 0 Å². The fraction of sp³-hybridized carbons (Fsp3) is 0.952. The first-order valence-corrected chi connectivity index (χ1v) is 46.1. The van der Waals surface area contributed by atoms with E-state index in [1.165, 1.54) is 257 Å². The van der Waals surface area contributed by atoms with Gasteiger partial charge in [-0.2, -0.15) is 0 Å². The second-order valence-electron chi connectivity index (χ2n) is 30.4. The van der Waals surface area contributed by atoms with Crippen molar-refractivity contribution in [2.45, 2.75) is 458 Å². The van der Waals surface area contributed by atoms with Gasteiger partial charge in [0, 0.05) is 25.7 Å². The average Bonchev–Trinajstić information content (AvgIpc) is 0.932. The number of carbonyl (C=O) groups excluding carboxylic acids is 4. The Labute approximate surface area is 626 Å². The molecule has 4 unspecified atom stereocenters. The predicted molar refractivity (Wildman–Crippen MR) is 418 cm³/mol. The number of ether oxygens (including phenoxy) is 4. The van der Waals surface area contributed by atoms with E-state index in [-0.39, 0.29) is 25.7 Å². The number of carbonyl (C=O) groups is 4. The Morgan fingerprint density at radius 2 is 0.471 bits per heavy atom. The molecule has 0 saturated heterocycles. The Balaban J connectivity index is 5.23. The Morgan fingerprint density at radius 3 is 0.696 bits per heavy atom. The first kappa shape index (κ1) is 100. The molecule has 0 aromatic rings. The summed E-state index contributed by atoms with van der Waals surface area (Å²) in [6, 6.07) is 0. The van der Waals surface area contributed by atoms with Crippen molar-refractivity contribution < 1.29 is 80.2 Å². The van der Waals surface area contributed by atoms with Crippen LogP contribution in [-0.2, 0) is 65.4 Å². The summed E-state index contributed by atoms with van der Waals surface area (Å²) in [4.78, 5) is 73.1. The van der Waals surface area contributed by atoms with E-state index in [1.54, 1.807) is 0 Å². The van der Waals surface area contributed by atoms with E-state index >= 15 is 0 Å². The highest BCUT2D eigenvalue weighted by molar-refractivity contribution is 7.47. The molecule has 0 spiro atoms. The summed E-state index contributed by atoms with van der Waals surface area (Å²) in [5.41, 5.74) is 0. The third-order valence-electron chi connectivity index (χ3n) is 20.2. The second kappa shape index (κ2) is 74.5. The van der Waals surface area contributed by atoms with Gasteiger partial charge in [0.15, 0.2) is 12.2 Å². The van der Waals surface area contributed by atoms with Crippen molar-refractivity contribution in [2.24, 2.45) is 11.8 Å². The third-order valence-corrected chi connectivity index (χ3v) is 22.1. The van der Waals surface area contributed by atoms with Crippen molar-refractivity contribution in [1.82, 2.24) is 0 Å². The molecule has 0 aliphatic rings. The SMILES string of the molecule is CCCCCCCCCCCCCCCCCCCCCCCCC(=O)O[C@H](COC(=O)CCCCCCCCCCCCC(C)CC)COP(=O)(O)OC[C@@H](O)COP(=O)(O)OC[C@@H](COC(=O)CCCCCCCCCCC(C)CC)OC(=O)CCCCCCCCCCCCCCCC. The van der Waals surface area contributed by atoms with Gasteiger partial charge in [-0.05, 0) is 37.5 Å². The smallest absolute Gasteiger partial charge is 0.462 e. The monoisotopic (exact) mass is 1490 g/mol. The molecule has 0 aliphatic heterocycles. The number of hydrogen-bond acceptors (Lipinski definition) is 15. The number of unbranched alkanes of at least 4 members (excludes halogenated alkanes) is 50. The largest absolute Gasteiger partial charge is 0.472 e. The van der Waals surface area contributed by atoms with E-state index in [2.05, 4.69) is 41.5 Å². The summed E-state index contributed by atoms with van der Waals surface area (Å²) in [6.45, 7) is 9.68. The Hall–Kier alpha value is -1.94. The van der Waals surface area contributed by atoms with Crippen LogP contribution in [-0.4, -0.2) is 96.7 Å². The first-order valence-electron chi connectivity index (χ1n) is 43.1. The summed E-state index contributed by atoms with van der Waals surface area (Å²) in [6.07, 6.45) is 65.1. The number of esters is 4. The van der Waals surface area contributed by atoms with E-state index in [0.717, 1.165) is 102 Å². The first-order chi connectivity index (χ1) is 49.4. The summed E-state index contributed by atoms with van der Waals surface area (Å²) in [7, 11) is -9.92. The molecule has 606 valence electrons. The number of aliphatic hydroxyl groups excluding tert-OH is 1. The minimum Gasteiger partial charge on any atom is -0.462 e. The van der Waals surface area contributed by atoms with Crippen LogP contribution in [0.1, 0.15) is 440 Å². The van der Waals surface area contributed by atoms with E-state index in [0.29, 0.717) is 25.7 Å². The van der Waals surface area contributed by atoms with Crippen LogP contribution in [0.5, 0.6) is 0 Å². The summed E-state index contributed by atoms with van der Waals surface area (Å²) < 4.78 is 68.8. The van der Waals surface area contributed by atoms with Crippen LogP contribution in [0.3, 0.4) is 0 Å². The van der Waals surface area contributed by atoms with Crippen molar-refractivity contribution in [1.29, 1.82) is 0 Å². The standard InChI is InChI=1S/C83H162O17P2/c1-7-11-13-15-17-19-21-23-25-26-27-28-29-30-31-32-34-36-42-50-56-62-68-83(88)99-78(71-93-80(85)65-59-53-47-40-38-37-39-45-51-57-63-75(5)9-3)73-97-101(89,90)95-69-77(84)70-96-102(91,92)98-74-79(72-94-81(86)66-60-54-48-44-43-46-52-58-64-76(6)10-4)100-82(87)67-61-55-49-41-35-33-24-22-20-18-16-14-12-8-2/h75-79,84H,7-74H2,1-6H3,(H,89,90)(H,91,92)/t75?,76?,77-,78-,79-/m1/s1. The van der Waals surface area contributed by atoms with E-state index < -0.39 is 97.5 Å². The normalized spacial score (nSPS) is 14.4. The molecule has 0 bridgehead atoms. The van der Waals surface area contributed by atoms with Crippen molar-refractivity contribution >= 4 is 39.5 Å². The molecule has 0 heterocycles. The molecule has 0 saturated carbocycles. The van der Waals surface area contributed by atoms with Gasteiger partial charge in [0.2, 0.25) is 0 Å². The Bertz CT molecular complexity index is 1960. The zero-order chi connectivity index (χ0) is 74.9. The van der Waals surface area contributed by atoms with Gasteiger partial charge in [-0.3, -0.25) is 37.3 Å². The number of aliphatic hydroxyl groups is 1. The highest BCUT2D eigenvalue weighted by Gasteiger charge is 2.30. The quantitative estimate of drug-likeness (QED) is 0.0222. The molecular weight excluding hydrogens is 1330 g/mol. The fourth-order valence-corrected chi connectivity index (χ4v) is 14.4. The number of hydrogen-bond donors (Lipinski definition) is 3. The van der Waals surface area contributed by atoms with Crippen molar-refractivity contribution in [3.8, 4) is 0 Å². The lowest BCUT2D eigenvalue weighted by molar-refractivity contribution is -0.161. The molecule has 0 aliphatic carbocycles. The Kier molecular flexibility index (Phi) is 73.1. The maximum atomic E-state index is 13.1. The topological polar surface area (TPSA) is 237 Å². The third kappa shape index (κ3) is 73.6. The van der Waals surface area contributed by atoms with Gasteiger partial charge >= 0.3 is 39.5 Å². The molecule has 0 rings (SSSR count). The molecule has 102 heavy (non-hydrogen) atoms. The highest BCUT2D eigenvalue weighted by Crippen LogP contribution is 2.45. The van der Waals surface area contributed by atoms with Crippen LogP contribution in [0, 0.1) is 11.8 Å². The van der Waals surface area contributed by atoms with Crippen molar-refractivity contribution in [3.05, 3.63) is 0 Å². The number of phosphoric acid groups is 2. The van der Waals surface area contributed by atoms with Gasteiger partial charge in [0.05, 0.1) is 26.4 Å². The average molecular weight is 1490 g/mol. The molecular formula is C83H162O17P2. The van der Waals surface area contributed by atoms with Gasteiger partial charge in [0.1, 0.15) is 19.3 Å². The Morgan fingerprint density at radius 1 is 0.275 bits per heavy atom. The fourth-order valence-electron chi connectivity index (χ4n) is 12.8. The van der Waals surface area contributed by atoms with Gasteiger partial charge in [-0.15, -0.1) is 0 Å². The number of phosphoric ester groups is 2. The molecule has 0 radical (unpaired) electrons. The molecule has 0 aromatic heterocycles.